The minimum absolute atomic E-state index is 0. The summed E-state index contributed by atoms with van der Waals surface area (Å²) in [5.41, 5.74) is 20.8. The molecule has 0 atom stereocenters. The van der Waals surface area contributed by atoms with Crippen LogP contribution in [0.15, 0.2) is 243 Å². The Morgan fingerprint density at radius 3 is 0.469 bits per heavy atom. The van der Waals surface area contributed by atoms with Crippen LogP contribution >= 0.6 is 0 Å². The van der Waals surface area contributed by atoms with Crippen LogP contribution in [0.1, 0.15) is 135 Å². The molecule has 10 aromatic rings. The van der Waals surface area contributed by atoms with Gasteiger partial charge in [0.2, 0.25) is 0 Å². The molecule has 614 valence electrons. The van der Waals surface area contributed by atoms with Gasteiger partial charge in [0.15, 0.2) is 0 Å². The van der Waals surface area contributed by atoms with Crippen molar-refractivity contribution >= 4 is 0 Å². The molecule has 0 amide bonds. The van der Waals surface area contributed by atoms with Crippen LogP contribution < -0.4 is 0 Å². The number of benzene rings is 10. The zero-order valence-electron chi connectivity index (χ0n) is 70.7. The molecule has 0 spiro atoms. The van der Waals surface area contributed by atoms with Gasteiger partial charge in [0, 0.05) is 196 Å². The van der Waals surface area contributed by atoms with Gasteiger partial charge in [0.05, 0.1) is 71.8 Å². The zero-order valence-corrected chi connectivity index (χ0v) is 87.7. The van der Waals surface area contributed by atoms with Gasteiger partial charge < -0.3 is 51.0 Å². The summed E-state index contributed by atoms with van der Waals surface area (Å²) in [5, 5.41) is 0. The first-order valence-corrected chi connectivity index (χ1v) is 33.8. The van der Waals surface area contributed by atoms with E-state index >= 15 is 0 Å². The molecule has 0 N–H and O–H groups in total. The van der Waals surface area contributed by atoms with Crippen molar-refractivity contribution in [3.05, 3.63) is 407 Å². The van der Waals surface area contributed by atoms with E-state index in [0.717, 1.165) is 56.3 Å². The fourth-order valence-corrected chi connectivity index (χ4v) is 11.9. The summed E-state index contributed by atoms with van der Waals surface area (Å²) in [7, 11) is 5.00. The van der Waals surface area contributed by atoms with Crippen LogP contribution in [0.25, 0.3) is 0 Å². The van der Waals surface area contributed by atoms with Crippen molar-refractivity contribution in [2.45, 2.75) is 109 Å². The molecule has 0 aromatic heterocycles. The number of hydrogen-bond acceptors (Lipinski definition) is 0. The molecular formula is C97H126F10Y6-12. The molecule has 2 aliphatic carbocycles. The Morgan fingerprint density at radius 1 is 0.195 bits per heavy atom. The predicted octanol–water partition coefficient (Wildman–Crippen LogP) is 27.7. The summed E-state index contributed by atoms with van der Waals surface area (Å²) in [4.78, 5) is 0. The van der Waals surface area contributed by atoms with E-state index in [1.165, 1.54) is 154 Å². The summed E-state index contributed by atoms with van der Waals surface area (Å²) in [6, 6.07) is 103. The number of alkyl halides is 10. The quantitative estimate of drug-likeness (QED) is 0.0593. The van der Waals surface area contributed by atoms with Gasteiger partial charge in [-0.3, -0.25) is 43.9 Å². The Balaban J connectivity index is -0.000000103. The summed E-state index contributed by atoms with van der Waals surface area (Å²) in [6.45, 7) is 0. The monoisotopic (exact) mass is 2010 g/mol. The second kappa shape index (κ2) is 98.9. The molecule has 113 heavy (non-hydrogen) atoms. The van der Waals surface area contributed by atoms with Gasteiger partial charge >= 0.3 is 0 Å². The SMILES string of the molecule is CF.CF.CF.CF.CF.CF.CF.CF.CF.CF.[CH3-].[CH3-].[CH3-].[CH3-].[CH3-].[CH3-].[Y].[Y].[Y].[Y].[Y].[Y].[c-]1ccc(Cc2ccc(CC3CCC(Cc4cc[c-]cc4)CC3)cc2)cc1.[c-]1ccc(Cc2ccc(Cc3ccc(CC4CC[CH-]CC4)cc3)cc2)cc1.[c-]1ccc(Cc2ccc(Cc3ccc(Cc4cc[c-]cc4)cc3)cc2)cc1. The van der Waals surface area contributed by atoms with Crippen LogP contribution in [-0.2, 0) is 254 Å². The van der Waals surface area contributed by atoms with E-state index in [-0.39, 0.29) is 241 Å². The van der Waals surface area contributed by atoms with Crippen molar-refractivity contribution in [2.24, 2.45) is 17.8 Å². The third-order valence-corrected chi connectivity index (χ3v) is 16.6. The maximum absolute atomic E-state index is 9.50. The Hall–Kier alpha value is -1.88. The molecule has 10 aromatic carbocycles. The van der Waals surface area contributed by atoms with E-state index in [0.29, 0.717) is 71.8 Å². The Kier molecular flexibility index (Phi) is 123. The van der Waals surface area contributed by atoms with Crippen molar-refractivity contribution in [1.29, 1.82) is 0 Å². The van der Waals surface area contributed by atoms with Gasteiger partial charge in [-0.2, -0.15) is 192 Å². The van der Waals surface area contributed by atoms with E-state index in [4.69, 9.17) is 0 Å². The van der Waals surface area contributed by atoms with E-state index in [1.807, 2.05) is 60.7 Å². The van der Waals surface area contributed by atoms with Crippen molar-refractivity contribution in [3.8, 4) is 0 Å². The van der Waals surface area contributed by atoms with Gasteiger partial charge in [-0.15, -0.1) is 0 Å². The van der Waals surface area contributed by atoms with Gasteiger partial charge in [-0.1, -0.05) is 134 Å². The fourth-order valence-electron chi connectivity index (χ4n) is 11.9. The molecule has 16 heteroatoms. The molecule has 0 saturated heterocycles. The molecule has 0 unspecified atom stereocenters. The standard InChI is InChI=1S/2C27H28.C27H22.10CH3F.6CH3.6Y/c3*1-3-7-22(8-4-1)19-24-11-15-26(16-12-24)21-27-17-13-25(14-18-27)20-23-9-5-2-6-10-23;10*1-2;;;;;;;;;;;;/h3-12,15-16,25,27H,13-14,17-21H2;1,5-6,9-18,22H,3-4,7-8,19-21H2;3-18H,19-21H2;10*1H3;6*1H3;;;;;;/q3*-2;;;;;;;;;;;6*-1;;;;;;. The van der Waals surface area contributed by atoms with E-state index in [2.05, 4.69) is 219 Å². The van der Waals surface area contributed by atoms with Crippen LogP contribution in [0, 0.1) is 99.1 Å². The molecule has 6 radical (unpaired) electrons. The molecule has 2 saturated carbocycles. The minimum atomic E-state index is 0. The van der Waals surface area contributed by atoms with Crippen LogP contribution in [-0.4, -0.2) is 71.8 Å². The van der Waals surface area contributed by atoms with Crippen molar-refractivity contribution in [3.63, 3.8) is 0 Å². The minimum Gasteiger partial charge on any atom is -0.358 e. The maximum Gasteiger partial charge on any atom is 0.0785 e. The number of halogens is 10. The molecule has 12 rings (SSSR count). The first-order chi connectivity index (χ1) is 50.0. The topological polar surface area (TPSA) is 0 Å². The Bertz CT molecular complexity index is 3270. The normalized spacial score (nSPS) is 11.4. The molecule has 0 bridgehead atoms. The summed E-state index contributed by atoms with van der Waals surface area (Å²) >= 11 is 0. The van der Waals surface area contributed by atoms with E-state index < -0.39 is 0 Å². The predicted molar refractivity (Wildman–Crippen MR) is 447 cm³/mol. The molecule has 2 aliphatic rings. The summed E-state index contributed by atoms with van der Waals surface area (Å²) in [5.74, 6) is 2.62. The summed E-state index contributed by atoms with van der Waals surface area (Å²) < 4.78 is 95.0. The Morgan fingerprint density at radius 2 is 0.310 bits per heavy atom. The molecule has 0 aliphatic heterocycles. The largest absolute Gasteiger partial charge is 0.358 e. The van der Waals surface area contributed by atoms with Crippen LogP contribution in [0.2, 0.25) is 0 Å². The van der Waals surface area contributed by atoms with E-state index in [1.54, 1.807) is 0 Å². The Labute approximate surface area is 834 Å². The fraction of sp³-hybridized carbons (Fsp3) is 0.309. The smallest absolute Gasteiger partial charge is 0.0785 e. The van der Waals surface area contributed by atoms with Gasteiger partial charge in [-0.05, 0) is 157 Å². The molecular weight excluding hydrogens is 1890 g/mol. The van der Waals surface area contributed by atoms with Gasteiger partial charge in [0.25, 0.3) is 0 Å². The average Bonchev–Trinajstić information content (AvgIpc) is 0.875. The van der Waals surface area contributed by atoms with E-state index in [9.17, 15) is 43.9 Å². The van der Waals surface area contributed by atoms with Crippen LogP contribution in [0.3, 0.4) is 0 Å². The second-order valence-electron chi connectivity index (χ2n) is 23.0. The summed E-state index contributed by atoms with van der Waals surface area (Å²) in [6.07, 6.45) is 23.0. The maximum atomic E-state index is 9.50. The number of rotatable bonds is 18. The first kappa shape index (κ1) is 140. The van der Waals surface area contributed by atoms with Crippen LogP contribution in [0.4, 0.5) is 43.9 Å². The third-order valence-electron chi connectivity index (χ3n) is 16.6. The first-order valence-electron chi connectivity index (χ1n) is 33.8. The second-order valence-corrected chi connectivity index (χ2v) is 23.0. The third kappa shape index (κ3) is 63.7. The zero-order chi connectivity index (χ0) is 74.9. The molecule has 0 heterocycles. The number of hydrogen-bond donors (Lipinski definition) is 0. The van der Waals surface area contributed by atoms with Crippen molar-refractivity contribution in [1.82, 2.24) is 0 Å². The van der Waals surface area contributed by atoms with Crippen LogP contribution in [0.5, 0.6) is 0 Å². The molecule has 0 nitrogen and oxygen atoms in total. The van der Waals surface area contributed by atoms with Crippen molar-refractivity contribution < 1.29 is 240 Å². The van der Waals surface area contributed by atoms with Gasteiger partial charge in [0.1, 0.15) is 0 Å². The van der Waals surface area contributed by atoms with Crippen molar-refractivity contribution in [2.75, 3.05) is 71.8 Å². The average molecular weight is 2020 g/mol. The molecule has 2 fully saturated rings. The van der Waals surface area contributed by atoms with Gasteiger partial charge in [-0.25, -0.2) is 0 Å².